The summed E-state index contributed by atoms with van der Waals surface area (Å²) in [5.74, 6) is 0.304. The topological polar surface area (TPSA) is 95.1 Å². The van der Waals surface area contributed by atoms with Crippen LogP contribution < -0.4 is 14.8 Å². The highest BCUT2D eigenvalue weighted by Gasteiger charge is 2.15. The van der Waals surface area contributed by atoms with Gasteiger partial charge in [0.15, 0.2) is 18.1 Å². The van der Waals surface area contributed by atoms with Crippen molar-refractivity contribution < 1.29 is 14.3 Å². The van der Waals surface area contributed by atoms with Gasteiger partial charge in [-0.2, -0.15) is 10.5 Å². The van der Waals surface area contributed by atoms with Crippen LogP contribution in [0.3, 0.4) is 0 Å². The van der Waals surface area contributed by atoms with Gasteiger partial charge in [0, 0.05) is 15.7 Å². The minimum atomic E-state index is -0.528. The van der Waals surface area contributed by atoms with E-state index in [1.54, 1.807) is 36.4 Å². The summed E-state index contributed by atoms with van der Waals surface area (Å²) in [6.45, 7) is 3.59. The molecule has 0 saturated carbocycles. The van der Waals surface area contributed by atoms with Gasteiger partial charge in [-0.25, -0.2) is 0 Å². The molecule has 0 saturated heterocycles. The molecule has 0 unspecified atom stereocenters. The Morgan fingerprint density at radius 2 is 2.10 bits per heavy atom. The van der Waals surface area contributed by atoms with Crippen molar-refractivity contribution in [1.82, 2.24) is 0 Å². The summed E-state index contributed by atoms with van der Waals surface area (Å²) in [6, 6.07) is 14.3. The van der Waals surface area contributed by atoms with E-state index in [0.29, 0.717) is 29.2 Å². The van der Waals surface area contributed by atoms with Crippen LogP contribution >= 0.6 is 15.9 Å². The van der Waals surface area contributed by atoms with E-state index in [9.17, 15) is 10.1 Å². The summed E-state index contributed by atoms with van der Waals surface area (Å²) in [6.07, 6.45) is 3.62. The Balaban J connectivity index is 2.40. The van der Waals surface area contributed by atoms with Crippen LogP contribution in [0.4, 0.5) is 5.69 Å². The minimum Gasteiger partial charge on any atom is -0.493 e. The van der Waals surface area contributed by atoms with Crippen molar-refractivity contribution in [2.75, 3.05) is 19.0 Å². The maximum atomic E-state index is 12.5. The molecule has 146 valence electrons. The zero-order valence-corrected chi connectivity index (χ0v) is 17.3. The standard InChI is InChI=1S/C22H18BrN3O3/c1-3-5-16-10-15(12-20(28-2)21(16)29-9-8-24)11-17(14-25)22(27)26-19-7-4-6-18(23)13-19/h3-4,6-7,10-13H,1,5,9H2,2H3,(H,26,27)/b17-11-. The van der Waals surface area contributed by atoms with Crippen LogP contribution in [0.1, 0.15) is 11.1 Å². The molecule has 0 aliphatic heterocycles. The fraction of sp³-hybridized carbons (Fsp3) is 0.136. The molecule has 6 nitrogen and oxygen atoms in total. The molecular weight excluding hydrogens is 434 g/mol. The number of methoxy groups -OCH3 is 1. The number of anilines is 1. The molecule has 7 heteroatoms. The first kappa shape index (κ1) is 21.7. The molecule has 0 aliphatic carbocycles. The van der Waals surface area contributed by atoms with Gasteiger partial charge in [0.1, 0.15) is 17.7 Å². The first-order valence-electron chi connectivity index (χ1n) is 8.52. The lowest BCUT2D eigenvalue weighted by Gasteiger charge is -2.14. The van der Waals surface area contributed by atoms with E-state index in [-0.39, 0.29) is 12.2 Å². The molecule has 0 aromatic heterocycles. The lowest BCUT2D eigenvalue weighted by molar-refractivity contribution is -0.112. The Morgan fingerprint density at radius 3 is 2.72 bits per heavy atom. The second kappa shape index (κ2) is 10.7. The Labute approximate surface area is 177 Å². The molecule has 2 aromatic rings. The highest BCUT2D eigenvalue weighted by Crippen LogP contribution is 2.34. The fourth-order valence-electron chi connectivity index (χ4n) is 2.57. The number of nitrogens with zero attached hydrogens (tertiary/aromatic N) is 2. The van der Waals surface area contributed by atoms with Crippen LogP contribution in [0.2, 0.25) is 0 Å². The largest absolute Gasteiger partial charge is 0.493 e. The average molecular weight is 452 g/mol. The van der Waals surface area contributed by atoms with Gasteiger partial charge in [-0.05, 0) is 48.4 Å². The molecular formula is C22H18BrN3O3. The number of carbonyl (C=O) groups excluding carboxylic acids is 1. The van der Waals surface area contributed by atoms with Crippen LogP contribution in [0.25, 0.3) is 6.08 Å². The maximum absolute atomic E-state index is 12.5. The average Bonchev–Trinajstić information content (AvgIpc) is 2.71. The molecule has 0 bridgehead atoms. The number of rotatable bonds is 8. The van der Waals surface area contributed by atoms with Crippen molar-refractivity contribution in [3.8, 4) is 23.6 Å². The highest BCUT2D eigenvalue weighted by molar-refractivity contribution is 9.10. The predicted octanol–water partition coefficient (Wildman–Crippen LogP) is 4.63. The monoisotopic (exact) mass is 451 g/mol. The van der Waals surface area contributed by atoms with Crippen LogP contribution in [-0.4, -0.2) is 19.6 Å². The minimum absolute atomic E-state index is 0.0673. The van der Waals surface area contributed by atoms with Gasteiger partial charge in [0.25, 0.3) is 5.91 Å². The molecule has 2 rings (SSSR count). The van der Waals surface area contributed by atoms with E-state index in [1.807, 2.05) is 18.2 Å². The van der Waals surface area contributed by atoms with Crippen molar-refractivity contribution in [1.29, 1.82) is 10.5 Å². The number of allylic oxidation sites excluding steroid dienone is 1. The summed E-state index contributed by atoms with van der Waals surface area (Å²) in [7, 11) is 1.48. The molecule has 0 radical (unpaired) electrons. The first-order valence-corrected chi connectivity index (χ1v) is 9.32. The molecule has 2 aromatic carbocycles. The van der Waals surface area contributed by atoms with Crippen molar-refractivity contribution in [3.63, 3.8) is 0 Å². The van der Waals surface area contributed by atoms with Gasteiger partial charge < -0.3 is 14.8 Å². The lowest BCUT2D eigenvalue weighted by atomic mass is 10.0. The third-order valence-corrected chi connectivity index (χ3v) is 4.27. The third-order valence-electron chi connectivity index (χ3n) is 3.78. The van der Waals surface area contributed by atoms with Crippen LogP contribution in [0.5, 0.6) is 11.5 Å². The molecule has 0 atom stereocenters. The number of benzene rings is 2. The Morgan fingerprint density at radius 1 is 1.31 bits per heavy atom. The summed E-state index contributed by atoms with van der Waals surface area (Å²) in [4.78, 5) is 12.5. The number of halogens is 1. The Bertz CT molecular complexity index is 1030. The molecule has 0 spiro atoms. The first-order chi connectivity index (χ1) is 14.0. The van der Waals surface area contributed by atoms with Gasteiger partial charge in [0.05, 0.1) is 7.11 Å². The summed E-state index contributed by atoms with van der Waals surface area (Å²) in [5, 5.41) is 20.9. The van der Waals surface area contributed by atoms with Gasteiger partial charge in [-0.3, -0.25) is 4.79 Å². The number of ether oxygens (including phenoxy) is 2. The Hall–Kier alpha value is -3.55. The highest BCUT2D eigenvalue weighted by atomic mass is 79.9. The van der Waals surface area contributed by atoms with Gasteiger partial charge in [-0.1, -0.05) is 28.1 Å². The van der Waals surface area contributed by atoms with Crippen LogP contribution in [0, 0.1) is 22.7 Å². The second-order valence-electron chi connectivity index (χ2n) is 5.79. The van der Waals surface area contributed by atoms with Gasteiger partial charge in [-0.15, -0.1) is 6.58 Å². The SMILES string of the molecule is C=CCc1cc(/C=C(/C#N)C(=O)Nc2cccc(Br)c2)cc(OC)c1OCC#N. The van der Waals surface area contributed by atoms with E-state index in [4.69, 9.17) is 14.7 Å². The van der Waals surface area contributed by atoms with Crippen molar-refractivity contribution in [2.24, 2.45) is 0 Å². The summed E-state index contributed by atoms with van der Waals surface area (Å²) in [5.41, 5.74) is 1.81. The van der Waals surface area contributed by atoms with E-state index in [1.165, 1.54) is 13.2 Å². The second-order valence-corrected chi connectivity index (χ2v) is 6.70. The molecule has 29 heavy (non-hydrogen) atoms. The van der Waals surface area contributed by atoms with Gasteiger partial charge in [0.2, 0.25) is 0 Å². The van der Waals surface area contributed by atoms with E-state index >= 15 is 0 Å². The van der Waals surface area contributed by atoms with E-state index < -0.39 is 5.91 Å². The lowest BCUT2D eigenvalue weighted by Crippen LogP contribution is -2.13. The third kappa shape index (κ3) is 5.97. The fourth-order valence-corrected chi connectivity index (χ4v) is 2.97. The number of carbonyl (C=O) groups is 1. The number of nitriles is 2. The van der Waals surface area contributed by atoms with Crippen LogP contribution in [0.15, 0.2) is 59.1 Å². The number of nitrogens with one attached hydrogen (secondary N) is 1. The molecule has 0 fully saturated rings. The summed E-state index contributed by atoms with van der Waals surface area (Å²) < 4.78 is 11.7. The molecule has 0 heterocycles. The number of amides is 1. The van der Waals surface area contributed by atoms with E-state index in [2.05, 4.69) is 27.8 Å². The van der Waals surface area contributed by atoms with Crippen molar-refractivity contribution in [2.45, 2.75) is 6.42 Å². The molecule has 1 amide bonds. The Kier molecular flexibility index (Phi) is 8.02. The molecule has 0 aliphatic rings. The van der Waals surface area contributed by atoms with Crippen molar-refractivity contribution in [3.05, 3.63) is 70.2 Å². The smallest absolute Gasteiger partial charge is 0.266 e. The predicted molar refractivity (Wildman–Crippen MR) is 114 cm³/mol. The zero-order valence-electron chi connectivity index (χ0n) is 15.7. The maximum Gasteiger partial charge on any atom is 0.266 e. The number of hydrogen-bond acceptors (Lipinski definition) is 5. The van der Waals surface area contributed by atoms with Crippen LogP contribution in [-0.2, 0) is 11.2 Å². The van der Waals surface area contributed by atoms with E-state index in [0.717, 1.165) is 10.0 Å². The van der Waals surface area contributed by atoms with Gasteiger partial charge >= 0.3 is 0 Å². The summed E-state index contributed by atoms with van der Waals surface area (Å²) >= 11 is 3.34. The quantitative estimate of drug-likeness (QED) is 0.358. The zero-order chi connectivity index (χ0) is 21.2. The normalized spacial score (nSPS) is 10.4. The van der Waals surface area contributed by atoms with Crippen molar-refractivity contribution >= 4 is 33.6 Å². The number of hydrogen-bond donors (Lipinski definition) is 1. The molecule has 1 N–H and O–H groups in total.